The third-order valence-corrected chi connectivity index (χ3v) is 4.98. The van der Waals surface area contributed by atoms with E-state index in [1.54, 1.807) is 0 Å². The second-order valence-electron chi connectivity index (χ2n) is 8.17. The summed E-state index contributed by atoms with van der Waals surface area (Å²) in [6.45, 7) is 12.5. The number of piperazine rings is 1. The Labute approximate surface area is 151 Å². The molecular weight excluding hydrogens is 314 g/mol. The summed E-state index contributed by atoms with van der Waals surface area (Å²) >= 11 is 0. The van der Waals surface area contributed by atoms with Crippen molar-refractivity contribution in [1.82, 2.24) is 14.7 Å². The average Bonchev–Trinajstić information content (AvgIpc) is 3.03. The van der Waals surface area contributed by atoms with E-state index >= 15 is 0 Å². The van der Waals surface area contributed by atoms with Gasteiger partial charge in [-0.05, 0) is 32.8 Å². The molecule has 0 aromatic heterocycles. The molecule has 2 heterocycles. The van der Waals surface area contributed by atoms with Crippen molar-refractivity contribution in [3.63, 3.8) is 0 Å². The second-order valence-corrected chi connectivity index (χ2v) is 8.17. The van der Waals surface area contributed by atoms with Crippen LogP contribution in [0.4, 0.5) is 4.79 Å². The fraction of sp³-hybridized carbons (Fsp3) is 0.650. The summed E-state index contributed by atoms with van der Waals surface area (Å²) < 4.78 is 5.48. The van der Waals surface area contributed by atoms with Gasteiger partial charge >= 0.3 is 6.09 Å². The highest BCUT2D eigenvalue weighted by molar-refractivity contribution is 5.68. The minimum atomic E-state index is -0.419. The largest absolute Gasteiger partial charge is 0.444 e. The quantitative estimate of drug-likeness (QED) is 0.844. The first-order valence-corrected chi connectivity index (χ1v) is 9.39. The van der Waals surface area contributed by atoms with E-state index in [0.717, 1.165) is 45.8 Å². The van der Waals surface area contributed by atoms with E-state index in [-0.39, 0.29) is 6.09 Å². The first-order valence-electron chi connectivity index (χ1n) is 9.39. The van der Waals surface area contributed by atoms with Gasteiger partial charge in [-0.25, -0.2) is 4.79 Å². The number of benzene rings is 1. The lowest BCUT2D eigenvalue weighted by Gasteiger charge is -2.38. The number of ether oxygens (including phenoxy) is 1. The maximum atomic E-state index is 12.2. The van der Waals surface area contributed by atoms with E-state index in [9.17, 15) is 4.79 Å². The summed E-state index contributed by atoms with van der Waals surface area (Å²) in [6.07, 6.45) is 1.04. The standard InChI is InChI=1S/C20H31N3O2/c1-20(2,3)25-19(24)23-13-11-22(12-14-23)18-9-10-21(16-18)15-17-7-5-4-6-8-17/h4-8,18H,9-16H2,1-3H3. The molecule has 2 saturated heterocycles. The summed E-state index contributed by atoms with van der Waals surface area (Å²) in [5.74, 6) is 0. The third kappa shape index (κ3) is 5.19. The maximum absolute atomic E-state index is 12.2. The molecule has 2 fully saturated rings. The van der Waals surface area contributed by atoms with Crippen LogP contribution in [-0.4, -0.2) is 71.7 Å². The highest BCUT2D eigenvalue weighted by Gasteiger charge is 2.32. The van der Waals surface area contributed by atoms with Crippen LogP contribution in [-0.2, 0) is 11.3 Å². The zero-order valence-corrected chi connectivity index (χ0v) is 15.8. The van der Waals surface area contributed by atoms with Gasteiger partial charge in [0.05, 0.1) is 0 Å². The number of rotatable bonds is 3. The lowest BCUT2D eigenvalue weighted by atomic mass is 10.2. The summed E-state index contributed by atoms with van der Waals surface area (Å²) in [7, 11) is 0. The molecule has 3 rings (SSSR count). The van der Waals surface area contributed by atoms with Gasteiger partial charge in [-0.2, -0.15) is 0 Å². The van der Waals surface area contributed by atoms with Crippen molar-refractivity contribution in [2.24, 2.45) is 0 Å². The Bertz CT molecular complexity index is 562. The minimum Gasteiger partial charge on any atom is -0.444 e. The van der Waals surface area contributed by atoms with Crippen LogP contribution < -0.4 is 0 Å². The molecule has 0 N–H and O–H groups in total. The van der Waals surface area contributed by atoms with Crippen molar-refractivity contribution in [3.05, 3.63) is 35.9 Å². The van der Waals surface area contributed by atoms with Crippen molar-refractivity contribution in [2.75, 3.05) is 39.3 Å². The van der Waals surface area contributed by atoms with Gasteiger partial charge < -0.3 is 9.64 Å². The van der Waals surface area contributed by atoms with E-state index in [4.69, 9.17) is 4.74 Å². The Morgan fingerprint density at radius 2 is 1.76 bits per heavy atom. The number of hydrogen-bond donors (Lipinski definition) is 0. The lowest BCUT2D eigenvalue weighted by molar-refractivity contribution is 0.0107. The summed E-state index contributed by atoms with van der Waals surface area (Å²) in [6, 6.07) is 11.3. The molecule has 138 valence electrons. The van der Waals surface area contributed by atoms with Crippen LogP contribution in [0.5, 0.6) is 0 Å². The molecule has 5 heteroatoms. The molecule has 1 atom stereocenters. The first kappa shape index (κ1) is 18.2. The highest BCUT2D eigenvalue weighted by atomic mass is 16.6. The maximum Gasteiger partial charge on any atom is 0.410 e. The summed E-state index contributed by atoms with van der Waals surface area (Å²) in [5.41, 5.74) is 0.968. The molecule has 1 amide bonds. The van der Waals surface area contributed by atoms with E-state index in [1.807, 2.05) is 25.7 Å². The normalized spacial score (nSPS) is 23.0. The van der Waals surface area contributed by atoms with Crippen LogP contribution in [0.25, 0.3) is 0 Å². The van der Waals surface area contributed by atoms with Gasteiger partial charge in [0, 0.05) is 51.9 Å². The minimum absolute atomic E-state index is 0.177. The molecule has 0 saturated carbocycles. The molecule has 0 bridgehead atoms. The number of hydrogen-bond acceptors (Lipinski definition) is 4. The van der Waals surface area contributed by atoms with E-state index < -0.39 is 5.60 Å². The van der Waals surface area contributed by atoms with Gasteiger partial charge in [-0.15, -0.1) is 0 Å². The van der Waals surface area contributed by atoms with Crippen LogP contribution in [0.3, 0.4) is 0 Å². The molecule has 2 aliphatic heterocycles. The van der Waals surface area contributed by atoms with Crippen molar-refractivity contribution < 1.29 is 9.53 Å². The Morgan fingerprint density at radius 1 is 1.08 bits per heavy atom. The first-order chi connectivity index (χ1) is 11.9. The fourth-order valence-corrected chi connectivity index (χ4v) is 3.69. The molecule has 0 aliphatic carbocycles. The number of carbonyl (C=O) groups excluding carboxylic acids is 1. The monoisotopic (exact) mass is 345 g/mol. The Hall–Kier alpha value is -1.59. The van der Waals surface area contributed by atoms with E-state index in [0.29, 0.717) is 6.04 Å². The molecule has 5 nitrogen and oxygen atoms in total. The van der Waals surface area contributed by atoms with Crippen LogP contribution >= 0.6 is 0 Å². The Balaban J connectivity index is 1.44. The second kappa shape index (κ2) is 7.75. The van der Waals surface area contributed by atoms with E-state index in [2.05, 4.69) is 40.1 Å². The van der Waals surface area contributed by atoms with Crippen LogP contribution in [0.1, 0.15) is 32.8 Å². The van der Waals surface area contributed by atoms with Gasteiger partial charge in [0.15, 0.2) is 0 Å². The summed E-state index contributed by atoms with van der Waals surface area (Å²) in [4.78, 5) is 19.1. The number of amides is 1. The molecular formula is C20H31N3O2. The van der Waals surface area contributed by atoms with Crippen molar-refractivity contribution in [3.8, 4) is 0 Å². The van der Waals surface area contributed by atoms with Crippen molar-refractivity contribution >= 4 is 6.09 Å². The molecule has 0 radical (unpaired) electrons. The van der Waals surface area contributed by atoms with E-state index in [1.165, 1.54) is 12.0 Å². The zero-order valence-electron chi connectivity index (χ0n) is 15.8. The Morgan fingerprint density at radius 3 is 2.40 bits per heavy atom. The number of carbonyl (C=O) groups is 1. The average molecular weight is 345 g/mol. The number of likely N-dealkylation sites (tertiary alicyclic amines) is 1. The fourth-order valence-electron chi connectivity index (χ4n) is 3.69. The molecule has 2 aliphatic rings. The molecule has 1 aromatic carbocycles. The van der Waals surface area contributed by atoms with Gasteiger partial charge in [0.25, 0.3) is 0 Å². The molecule has 1 aromatic rings. The Kier molecular flexibility index (Phi) is 5.64. The lowest BCUT2D eigenvalue weighted by Crippen LogP contribution is -2.53. The predicted octanol–water partition coefficient (Wildman–Crippen LogP) is 2.81. The van der Waals surface area contributed by atoms with Gasteiger partial charge in [-0.3, -0.25) is 9.80 Å². The number of nitrogens with zero attached hydrogens (tertiary/aromatic N) is 3. The predicted molar refractivity (Wildman–Crippen MR) is 99.5 cm³/mol. The third-order valence-electron chi connectivity index (χ3n) is 4.98. The highest BCUT2D eigenvalue weighted by Crippen LogP contribution is 2.20. The van der Waals surface area contributed by atoms with Crippen molar-refractivity contribution in [1.29, 1.82) is 0 Å². The zero-order chi connectivity index (χ0) is 17.9. The molecule has 1 unspecified atom stereocenters. The molecule has 25 heavy (non-hydrogen) atoms. The van der Waals surface area contributed by atoms with Crippen LogP contribution in [0, 0.1) is 0 Å². The smallest absolute Gasteiger partial charge is 0.410 e. The molecule has 0 spiro atoms. The van der Waals surface area contributed by atoms with Gasteiger partial charge in [-0.1, -0.05) is 30.3 Å². The van der Waals surface area contributed by atoms with Gasteiger partial charge in [0.2, 0.25) is 0 Å². The van der Waals surface area contributed by atoms with Crippen LogP contribution in [0.2, 0.25) is 0 Å². The topological polar surface area (TPSA) is 36.0 Å². The van der Waals surface area contributed by atoms with Crippen LogP contribution in [0.15, 0.2) is 30.3 Å². The summed E-state index contributed by atoms with van der Waals surface area (Å²) in [5, 5.41) is 0. The SMILES string of the molecule is CC(C)(C)OC(=O)N1CCN(C2CCN(Cc3ccccc3)C2)CC1. The van der Waals surface area contributed by atoms with Gasteiger partial charge in [0.1, 0.15) is 5.60 Å². The van der Waals surface area contributed by atoms with Crippen molar-refractivity contribution in [2.45, 2.75) is 45.4 Å².